The zero-order chi connectivity index (χ0) is 97.5. The standard InChI is InChI=1S/C24H31ClN6.C23H28ClN5.C23H29N5.C23H31N5.C21H26N4O/c1-30(2)16-11-14-31(15-12-16)21-10-4-8-19-23(21)29-24(28-19)20-9-3-7-18(27-20)22-17(25)6-5-13-26-22;1-29-13-10-15(11-14-29)16-5-2-7-18-21(16)28-23(27-18)20-9-3-8-19(26-20)22-17(24)6-4-12-25-22;1-27-15-12-17(13-16-27)28-22-11-3-2-8-20(22)26-23(28)21-10-6-9-19(25-21)18-7-4-5-14-24-18;1-17-9-7-14-24-22(17)19-11-6-12-20(25-19)23-26-18-10-4-5-13-21(18)28(23)16-8-15-27(2)3;1-15-7-5-12-22-20(15)17-9-4-10-18(23-17)21-24-16-8-2-3-11-19(16)25(21)13-6-14-26/h4-6,8,10,13,16,18,20,27H,3,7,9,11-12,14-15H2,1-2H3,(H,28,29);2,4-7,12,15,19-20,26H,3,8-11,13-14H2,1H3,(H,27,28);2-5,7-8,11,14,17,19,21,25H,6,9-10,12-13,15-16H2,1H3;4-5,7,9-10,13-14,19-20,25H,6,8,11-12,15-16H2,1-3H3;2-3,5,7-8,11-12,17-18,23,26H,4,6,9-10,13-14H2,1H3/t18-,20+;19-,20+;19-,21+;19-,20+;17-,18+/m00000/s1. The molecule has 0 saturated carbocycles. The van der Waals surface area contributed by atoms with Crippen LogP contribution in [0.1, 0.15) is 294 Å². The number of benzene rings is 5. The summed E-state index contributed by atoms with van der Waals surface area (Å²) in [7, 11) is 13.1. The van der Waals surface area contributed by atoms with E-state index in [4.69, 9.17) is 48.1 Å². The highest BCUT2D eigenvalue weighted by Crippen LogP contribution is 2.44. The fraction of sp³-hybridized carbons (Fsp3) is 0.474. The van der Waals surface area contributed by atoms with Gasteiger partial charge in [0.15, 0.2) is 0 Å². The third-order valence-corrected chi connectivity index (χ3v) is 31.6. The van der Waals surface area contributed by atoms with Crippen molar-refractivity contribution in [1.82, 2.24) is 120 Å². The first kappa shape index (κ1) is 99.9. The molecule has 15 aromatic rings. The van der Waals surface area contributed by atoms with Crippen molar-refractivity contribution < 1.29 is 5.11 Å². The Hall–Kier alpha value is -10.8. The number of aliphatic hydroxyl groups is 1. The number of aryl methyl sites for hydroxylation is 4. The molecule has 8 saturated heterocycles. The molecular weight excluding hydrogens is 1810 g/mol. The molecule has 746 valence electrons. The van der Waals surface area contributed by atoms with E-state index in [0.29, 0.717) is 30.1 Å². The van der Waals surface area contributed by atoms with Crippen molar-refractivity contribution >= 4 is 84.1 Å². The van der Waals surface area contributed by atoms with Gasteiger partial charge in [0.2, 0.25) is 0 Å². The van der Waals surface area contributed by atoms with Gasteiger partial charge in [0, 0.05) is 75.9 Å². The molecule has 0 bridgehead atoms. The summed E-state index contributed by atoms with van der Waals surface area (Å²) in [5.74, 6) is 6.14. The van der Waals surface area contributed by atoms with E-state index in [1.54, 1.807) is 0 Å². The van der Waals surface area contributed by atoms with Crippen LogP contribution in [-0.4, -0.2) is 199 Å². The van der Waals surface area contributed by atoms with Crippen LogP contribution in [0.2, 0.25) is 10.0 Å². The van der Waals surface area contributed by atoms with Gasteiger partial charge >= 0.3 is 0 Å². The summed E-state index contributed by atoms with van der Waals surface area (Å²) in [6, 6.07) is 64.2. The van der Waals surface area contributed by atoms with Crippen LogP contribution in [0.5, 0.6) is 0 Å². The number of hydrogen-bond donors (Lipinski definition) is 8. The van der Waals surface area contributed by atoms with Gasteiger partial charge in [-0.1, -0.05) is 96.0 Å². The smallest absolute Gasteiger partial charge is 0.127 e. The number of nitrogens with one attached hydrogen (secondary N) is 7. The van der Waals surface area contributed by atoms with Gasteiger partial charge in [-0.25, -0.2) is 24.9 Å². The Morgan fingerprint density at radius 2 is 0.796 bits per heavy atom. The lowest BCUT2D eigenvalue weighted by molar-refractivity contribution is 0.215. The molecule has 18 heterocycles. The number of pyridine rings is 5. The Labute approximate surface area is 847 Å². The third-order valence-electron chi connectivity index (χ3n) is 30.9. The van der Waals surface area contributed by atoms with Crippen LogP contribution >= 0.6 is 23.2 Å². The average Bonchev–Trinajstić information content (AvgIpc) is 1.62. The second-order valence-corrected chi connectivity index (χ2v) is 42.0. The minimum absolute atomic E-state index is 0.158. The van der Waals surface area contributed by atoms with Gasteiger partial charge in [-0.15, -0.1) is 0 Å². The predicted molar refractivity (Wildman–Crippen MR) is 573 cm³/mol. The highest BCUT2D eigenvalue weighted by atomic mass is 35.5. The number of para-hydroxylation sites is 8. The number of rotatable bonds is 21. The summed E-state index contributed by atoms with van der Waals surface area (Å²) >= 11 is 12.8. The number of piperidine rings is 8. The molecule has 8 N–H and O–H groups in total. The number of likely N-dealkylation sites (tertiary alicyclic amines) is 2. The van der Waals surface area contributed by atoms with Crippen molar-refractivity contribution in [2.75, 3.05) is 99.6 Å². The molecule has 0 unspecified atom stereocenters. The maximum atomic E-state index is 9.30. The maximum absolute atomic E-state index is 9.30. The summed E-state index contributed by atoms with van der Waals surface area (Å²) < 4.78 is 7.27. The van der Waals surface area contributed by atoms with Crippen LogP contribution in [0.15, 0.2) is 207 Å². The molecule has 0 amide bonds. The lowest BCUT2D eigenvalue weighted by Gasteiger charge is -2.36. The van der Waals surface area contributed by atoms with E-state index >= 15 is 0 Å². The van der Waals surface area contributed by atoms with Gasteiger partial charge in [-0.05, 0) is 362 Å². The largest absolute Gasteiger partial charge is 0.396 e. The molecule has 28 heteroatoms. The summed E-state index contributed by atoms with van der Waals surface area (Å²) in [5, 5.41) is 29.8. The number of aromatic nitrogens is 15. The molecule has 8 fully saturated rings. The second kappa shape index (κ2) is 47.4. The molecule has 23 rings (SSSR count). The van der Waals surface area contributed by atoms with E-state index in [0.717, 1.165) is 250 Å². The Morgan fingerprint density at radius 1 is 0.373 bits per heavy atom. The van der Waals surface area contributed by atoms with Gasteiger partial charge in [-0.2, -0.15) is 0 Å². The number of aliphatic hydroxyl groups excluding tert-OH is 1. The second-order valence-electron chi connectivity index (χ2n) is 41.2. The van der Waals surface area contributed by atoms with Crippen LogP contribution in [0.4, 0.5) is 5.69 Å². The van der Waals surface area contributed by atoms with Gasteiger partial charge in [-0.3, -0.25) is 51.5 Å². The fourth-order valence-corrected chi connectivity index (χ4v) is 23.8. The highest BCUT2D eigenvalue weighted by Gasteiger charge is 2.37. The number of imidazole rings is 5. The molecule has 0 spiro atoms. The van der Waals surface area contributed by atoms with Gasteiger partial charge < -0.3 is 53.3 Å². The molecule has 0 aliphatic carbocycles. The molecule has 142 heavy (non-hydrogen) atoms. The van der Waals surface area contributed by atoms with Crippen molar-refractivity contribution in [3.63, 3.8) is 0 Å². The van der Waals surface area contributed by atoms with Crippen LogP contribution in [0, 0.1) is 13.8 Å². The van der Waals surface area contributed by atoms with Crippen molar-refractivity contribution in [2.24, 2.45) is 0 Å². The number of hydrogen-bond acceptors (Lipinski definition) is 21. The zero-order valence-electron chi connectivity index (χ0n) is 84.2. The van der Waals surface area contributed by atoms with Gasteiger partial charge in [0.05, 0.1) is 154 Å². The summed E-state index contributed by atoms with van der Waals surface area (Å²) in [6.45, 7) is 14.1. The number of nitrogens with zero attached hydrogens (tertiary/aromatic N) is 18. The summed E-state index contributed by atoms with van der Waals surface area (Å²) in [4.78, 5) is 67.4. The van der Waals surface area contributed by atoms with Crippen molar-refractivity contribution in [3.05, 3.63) is 291 Å². The molecule has 5 aromatic carbocycles. The van der Waals surface area contributed by atoms with E-state index in [9.17, 15) is 5.11 Å². The van der Waals surface area contributed by atoms with E-state index in [1.165, 1.54) is 102 Å². The van der Waals surface area contributed by atoms with Crippen LogP contribution in [0.3, 0.4) is 0 Å². The molecule has 10 atom stereocenters. The first-order valence-electron chi connectivity index (χ1n) is 52.6. The molecular formula is C114H145Cl2N25O. The highest BCUT2D eigenvalue weighted by molar-refractivity contribution is 6.31. The van der Waals surface area contributed by atoms with Crippen molar-refractivity contribution in [1.29, 1.82) is 0 Å². The molecule has 26 nitrogen and oxygen atoms in total. The minimum atomic E-state index is 0.158. The van der Waals surface area contributed by atoms with E-state index in [1.807, 2.05) is 79.5 Å². The number of aromatic amines is 2. The predicted octanol–water partition coefficient (Wildman–Crippen LogP) is 21.9. The Kier molecular flexibility index (Phi) is 33.3. The van der Waals surface area contributed by atoms with Crippen LogP contribution in [-0.2, 0) is 13.1 Å². The Balaban J connectivity index is 0.000000113. The Morgan fingerprint density at radius 3 is 1.31 bits per heavy atom. The van der Waals surface area contributed by atoms with E-state index in [2.05, 4.69) is 283 Å². The number of halogens is 2. The van der Waals surface area contributed by atoms with Gasteiger partial charge in [0.1, 0.15) is 34.6 Å². The normalized spacial score (nSPS) is 22.6. The Bertz CT molecular complexity index is 6600. The van der Waals surface area contributed by atoms with Crippen molar-refractivity contribution in [3.8, 4) is 0 Å². The quantitative estimate of drug-likeness (QED) is 0.0332. The lowest BCUT2D eigenvalue weighted by atomic mass is 9.89. The lowest BCUT2D eigenvalue weighted by Crippen LogP contribution is -2.42. The van der Waals surface area contributed by atoms with E-state index < -0.39 is 0 Å². The van der Waals surface area contributed by atoms with Crippen LogP contribution < -0.4 is 31.5 Å². The van der Waals surface area contributed by atoms with Crippen LogP contribution in [0.25, 0.3) is 55.2 Å². The first-order valence-corrected chi connectivity index (χ1v) is 53.4. The number of fused-ring (bicyclic) bond motifs is 5. The number of H-pyrrole nitrogens is 2. The number of anilines is 1. The maximum Gasteiger partial charge on any atom is 0.127 e. The fourth-order valence-electron chi connectivity index (χ4n) is 23.3. The summed E-state index contributed by atoms with van der Waals surface area (Å²) in [5.41, 5.74) is 21.9. The molecule has 10 aromatic heterocycles. The topological polar surface area (TPSA) is 272 Å². The molecule has 8 aliphatic rings. The zero-order valence-corrected chi connectivity index (χ0v) is 85.7. The van der Waals surface area contributed by atoms with Crippen molar-refractivity contribution in [2.45, 2.75) is 253 Å². The minimum Gasteiger partial charge on any atom is -0.396 e. The van der Waals surface area contributed by atoms with Gasteiger partial charge in [0.25, 0.3) is 0 Å². The van der Waals surface area contributed by atoms with E-state index in [-0.39, 0.29) is 54.9 Å². The third kappa shape index (κ3) is 23.6. The first-order chi connectivity index (χ1) is 69.5. The summed E-state index contributed by atoms with van der Waals surface area (Å²) in [6.07, 6.45) is 35.1. The SMILES string of the molecule is CN(C)C1CCN(c2cccc3[nH]c([C@H]4CCC[C@@H](c5ncccc5Cl)N4)nc23)CC1.CN1CCC(c2cccc3[nH]c([C@H]4CCC[C@@H](c5ncccc5Cl)N4)nc23)CC1.CN1CCC(n2c([C@H]3CCC[C@@H](c4ccccn4)N3)nc3ccccc32)CC1.Cc1cccnc1[C@@H]1CCC[C@H](c2nc3ccccc3n2CCCN(C)C)N1.Cc1cccnc1[C@@H]1CCC[C@H](c2nc3ccccc3n2CCCO)N1. The molecule has 0 radical (unpaired) electrons. The molecule has 8 aliphatic heterocycles. The monoisotopic (exact) mass is 1950 g/mol. The average molecular weight is 1950 g/mol.